The molecule has 1 N–H and O–H groups in total. The fourth-order valence-electron chi connectivity index (χ4n) is 2.84. The minimum atomic E-state index is -4.63. The van der Waals surface area contributed by atoms with Gasteiger partial charge in [-0.3, -0.25) is 4.79 Å². The van der Waals surface area contributed by atoms with E-state index in [-0.39, 0.29) is 11.4 Å². The van der Waals surface area contributed by atoms with Crippen molar-refractivity contribution in [1.82, 2.24) is 4.98 Å². The van der Waals surface area contributed by atoms with Crippen LogP contribution in [0.15, 0.2) is 66.9 Å². The Morgan fingerprint density at radius 2 is 1.82 bits per heavy atom. The van der Waals surface area contributed by atoms with Crippen molar-refractivity contribution < 1.29 is 32.2 Å². The summed E-state index contributed by atoms with van der Waals surface area (Å²) in [4.78, 5) is 28.5. The third-order valence-corrected chi connectivity index (χ3v) is 4.76. The van der Waals surface area contributed by atoms with Gasteiger partial charge in [0, 0.05) is 6.20 Å². The molecule has 0 atom stereocenters. The van der Waals surface area contributed by atoms with Crippen molar-refractivity contribution in [3.05, 3.63) is 88.6 Å². The fraction of sp³-hybridized carbons (Fsp3) is 0.125. The Labute approximate surface area is 198 Å². The molecule has 1 aromatic heterocycles. The lowest BCUT2D eigenvalue weighted by Gasteiger charge is -2.11. The van der Waals surface area contributed by atoms with Crippen LogP contribution in [0.3, 0.4) is 0 Å². The summed E-state index contributed by atoms with van der Waals surface area (Å²) in [7, 11) is 1.52. The summed E-state index contributed by atoms with van der Waals surface area (Å²) >= 11 is 5.78. The van der Waals surface area contributed by atoms with Crippen molar-refractivity contribution >= 4 is 40.9 Å². The number of rotatable bonds is 7. The zero-order valence-corrected chi connectivity index (χ0v) is 18.5. The first-order valence-electron chi connectivity index (χ1n) is 9.78. The van der Waals surface area contributed by atoms with E-state index >= 15 is 0 Å². The number of anilines is 1. The number of methoxy groups -OCH3 is 1. The summed E-state index contributed by atoms with van der Waals surface area (Å²) in [6.07, 6.45) is -2.50. The normalized spacial score (nSPS) is 11.6. The third kappa shape index (κ3) is 6.58. The Hall–Kier alpha value is -3.85. The number of pyridine rings is 1. The van der Waals surface area contributed by atoms with Crippen LogP contribution in [0, 0.1) is 0 Å². The second-order valence-corrected chi connectivity index (χ2v) is 7.28. The van der Waals surface area contributed by atoms with Gasteiger partial charge in [-0.1, -0.05) is 54.1 Å². The predicted molar refractivity (Wildman–Crippen MR) is 121 cm³/mol. The van der Waals surface area contributed by atoms with Gasteiger partial charge >= 0.3 is 12.1 Å². The summed E-state index contributed by atoms with van der Waals surface area (Å²) in [6, 6.07) is 16.3. The molecule has 176 valence electrons. The number of aromatic nitrogens is 1. The maximum atomic E-state index is 12.8. The number of hydrogen-bond donors (Lipinski definition) is 1. The molecule has 0 aliphatic rings. The van der Waals surface area contributed by atoms with E-state index in [4.69, 9.17) is 21.1 Å². The molecule has 0 unspecified atom stereocenters. The van der Waals surface area contributed by atoms with Crippen LogP contribution in [0.5, 0.6) is 5.75 Å². The zero-order chi connectivity index (χ0) is 24.7. The zero-order valence-electron chi connectivity index (χ0n) is 17.7. The van der Waals surface area contributed by atoms with Crippen LogP contribution in [-0.2, 0) is 20.5 Å². The molecule has 0 saturated heterocycles. The van der Waals surface area contributed by atoms with Crippen molar-refractivity contribution in [1.29, 1.82) is 0 Å². The largest absolute Gasteiger partial charge is 0.497 e. The highest BCUT2D eigenvalue weighted by molar-refractivity contribution is 6.33. The van der Waals surface area contributed by atoms with Crippen molar-refractivity contribution in [3.63, 3.8) is 0 Å². The second kappa shape index (κ2) is 10.8. The topological polar surface area (TPSA) is 77.5 Å². The minimum absolute atomic E-state index is 0.187. The molecule has 0 aliphatic heterocycles. The molecule has 1 heterocycles. The predicted octanol–water partition coefficient (Wildman–Crippen LogP) is 5.48. The number of alkyl halides is 3. The molecule has 0 spiro atoms. The van der Waals surface area contributed by atoms with E-state index in [9.17, 15) is 22.8 Å². The number of carbonyl (C=O) groups is 2. The van der Waals surface area contributed by atoms with Gasteiger partial charge in [0.25, 0.3) is 5.91 Å². The quantitative estimate of drug-likeness (QED) is 0.269. The highest BCUT2D eigenvalue weighted by atomic mass is 35.5. The summed E-state index contributed by atoms with van der Waals surface area (Å²) in [5.74, 6) is -1.30. The van der Waals surface area contributed by atoms with Crippen LogP contribution in [0.25, 0.3) is 11.6 Å². The Morgan fingerprint density at radius 1 is 1.09 bits per heavy atom. The number of ether oxygens (including phenoxy) is 2. The molecule has 10 heteroatoms. The van der Waals surface area contributed by atoms with Crippen molar-refractivity contribution in [3.8, 4) is 5.75 Å². The molecule has 0 saturated carbocycles. The number of hydrogen-bond acceptors (Lipinski definition) is 5. The van der Waals surface area contributed by atoms with Crippen LogP contribution in [0.2, 0.25) is 5.02 Å². The van der Waals surface area contributed by atoms with Gasteiger partial charge < -0.3 is 14.8 Å². The molecule has 0 bridgehead atoms. The van der Waals surface area contributed by atoms with Crippen LogP contribution in [-0.4, -0.2) is 30.6 Å². The number of halogens is 4. The minimum Gasteiger partial charge on any atom is -0.497 e. The average molecular weight is 491 g/mol. The molecule has 0 radical (unpaired) electrons. The highest BCUT2D eigenvalue weighted by Crippen LogP contribution is 2.32. The van der Waals surface area contributed by atoms with Crippen molar-refractivity contribution in [2.75, 3.05) is 19.0 Å². The van der Waals surface area contributed by atoms with Crippen LogP contribution < -0.4 is 10.1 Å². The monoisotopic (exact) mass is 490 g/mol. The van der Waals surface area contributed by atoms with Crippen molar-refractivity contribution in [2.24, 2.45) is 0 Å². The van der Waals surface area contributed by atoms with E-state index < -0.39 is 35.2 Å². The van der Waals surface area contributed by atoms with Gasteiger partial charge in [-0.2, -0.15) is 13.2 Å². The summed E-state index contributed by atoms with van der Waals surface area (Å²) in [5, 5.41) is 1.82. The molecule has 2 aromatic carbocycles. The van der Waals surface area contributed by atoms with Gasteiger partial charge in [-0.25, -0.2) is 9.78 Å². The van der Waals surface area contributed by atoms with Gasteiger partial charge in [0.05, 0.1) is 23.3 Å². The number of benzene rings is 2. The van der Waals surface area contributed by atoms with E-state index in [0.29, 0.717) is 29.1 Å². The van der Waals surface area contributed by atoms with Gasteiger partial charge in [-0.15, -0.1) is 0 Å². The SMILES string of the molecule is COc1cccc(/C=C(/C(=O)OCC(=O)Nc2ncc(C(F)(F)F)cc2Cl)c2ccccc2)c1. The van der Waals surface area contributed by atoms with Gasteiger partial charge in [0.15, 0.2) is 12.4 Å². The molecule has 3 rings (SSSR count). The first kappa shape index (κ1) is 24.8. The van der Waals surface area contributed by atoms with Gasteiger partial charge in [0.1, 0.15) is 5.75 Å². The number of esters is 1. The first-order chi connectivity index (χ1) is 16.2. The Kier molecular flexibility index (Phi) is 7.91. The Morgan fingerprint density at radius 3 is 2.47 bits per heavy atom. The van der Waals surface area contributed by atoms with Gasteiger partial charge in [-0.05, 0) is 35.4 Å². The molecule has 1 amide bonds. The van der Waals surface area contributed by atoms with E-state index in [1.54, 1.807) is 60.7 Å². The molecule has 0 fully saturated rings. The van der Waals surface area contributed by atoms with Crippen LogP contribution >= 0.6 is 11.6 Å². The average Bonchev–Trinajstić information content (AvgIpc) is 2.82. The highest BCUT2D eigenvalue weighted by Gasteiger charge is 2.31. The number of nitrogens with zero attached hydrogens (tertiary/aromatic N) is 1. The molecular weight excluding hydrogens is 473 g/mol. The lowest BCUT2D eigenvalue weighted by Crippen LogP contribution is -2.22. The number of amides is 1. The van der Waals surface area contributed by atoms with Crippen LogP contribution in [0.4, 0.5) is 19.0 Å². The lowest BCUT2D eigenvalue weighted by atomic mass is 10.0. The maximum Gasteiger partial charge on any atom is 0.417 e. The first-order valence-corrected chi connectivity index (χ1v) is 10.2. The lowest BCUT2D eigenvalue weighted by molar-refractivity contribution is -0.141. The molecule has 3 aromatic rings. The Bertz CT molecular complexity index is 1210. The number of carbonyl (C=O) groups excluding carboxylic acids is 2. The van der Waals surface area contributed by atoms with E-state index in [0.717, 1.165) is 0 Å². The summed E-state index contributed by atoms with van der Waals surface area (Å²) in [6.45, 7) is -0.708. The molecule has 6 nitrogen and oxygen atoms in total. The molecular formula is C24H18ClF3N2O4. The maximum absolute atomic E-state index is 12.8. The van der Waals surface area contributed by atoms with Crippen LogP contribution in [0.1, 0.15) is 16.7 Å². The number of nitrogens with one attached hydrogen (secondary N) is 1. The van der Waals surface area contributed by atoms with Gasteiger partial charge in [0.2, 0.25) is 0 Å². The summed E-state index contributed by atoms with van der Waals surface area (Å²) in [5.41, 5.74) is 0.355. The standard InChI is InChI=1S/C24H18ClF3N2O4/c1-33-18-9-5-6-15(10-18)11-19(16-7-3-2-4-8-16)23(32)34-14-21(31)30-22-20(25)12-17(13-29-22)24(26,27)28/h2-13H,14H2,1H3,(H,29,30,31)/b19-11+. The fourth-order valence-corrected chi connectivity index (χ4v) is 3.05. The van der Waals surface area contributed by atoms with E-state index in [1.807, 2.05) is 0 Å². The Balaban J connectivity index is 1.73. The van der Waals surface area contributed by atoms with E-state index in [2.05, 4.69) is 10.3 Å². The summed E-state index contributed by atoms with van der Waals surface area (Å²) < 4.78 is 48.5. The smallest absolute Gasteiger partial charge is 0.417 e. The molecule has 34 heavy (non-hydrogen) atoms. The van der Waals surface area contributed by atoms with Crippen molar-refractivity contribution in [2.45, 2.75) is 6.18 Å². The molecule has 0 aliphatic carbocycles. The second-order valence-electron chi connectivity index (χ2n) is 6.88. The van der Waals surface area contributed by atoms with E-state index in [1.165, 1.54) is 7.11 Å². The third-order valence-electron chi connectivity index (χ3n) is 4.47.